The van der Waals surface area contributed by atoms with E-state index in [4.69, 9.17) is 14.6 Å². The molecule has 6 nitrogen and oxygen atoms in total. The van der Waals surface area contributed by atoms with Crippen LogP contribution in [0.15, 0.2) is 24.3 Å². The first kappa shape index (κ1) is 14.9. The van der Waals surface area contributed by atoms with Gasteiger partial charge in [-0.2, -0.15) is 0 Å². The van der Waals surface area contributed by atoms with Crippen LogP contribution in [0, 0.1) is 3.57 Å². The van der Waals surface area contributed by atoms with Gasteiger partial charge in [-0.15, -0.1) is 0 Å². The lowest BCUT2D eigenvalue weighted by atomic mass is 9.99. The van der Waals surface area contributed by atoms with Gasteiger partial charge in [0.15, 0.2) is 0 Å². The maximum Gasteiger partial charge on any atom is 0.229 e. The van der Waals surface area contributed by atoms with Crippen LogP contribution in [0.25, 0.3) is 0 Å². The van der Waals surface area contributed by atoms with E-state index in [9.17, 15) is 15.3 Å². The van der Waals surface area contributed by atoms with Crippen molar-refractivity contribution in [1.29, 1.82) is 0 Å². The van der Waals surface area contributed by atoms with Crippen molar-refractivity contribution in [3.05, 3.63) is 27.8 Å². The van der Waals surface area contributed by atoms with Gasteiger partial charge in [-0.3, -0.25) is 0 Å². The van der Waals surface area contributed by atoms with E-state index >= 15 is 0 Å². The minimum absolute atomic E-state index is 0.476. The van der Waals surface area contributed by atoms with E-state index < -0.39 is 37.3 Å². The Kier molecular flexibility index (Phi) is 4.98. The molecule has 1 fully saturated rings. The molecule has 0 saturated carbocycles. The van der Waals surface area contributed by atoms with Gasteiger partial charge in [0.05, 0.1) is 10.2 Å². The zero-order valence-corrected chi connectivity index (χ0v) is 12.0. The van der Waals surface area contributed by atoms with Crippen LogP contribution < -0.4 is 4.74 Å². The van der Waals surface area contributed by atoms with Crippen molar-refractivity contribution < 1.29 is 29.9 Å². The molecule has 0 amide bonds. The molecular formula is C12H15IO6. The number of benzene rings is 1. The van der Waals surface area contributed by atoms with Crippen molar-refractivity contribution in [3.63, 3.8) is 0 Å². The second kappa shape index (κ2) is 6.33. The molecule has 1 aromatic carbocycles. The minimum atomic E-state index is -1.43. The lowest BCUT2D eigenvalue weighted by molar-refractivity contribution is -0.277. The monoisotopic (exact) mass is 382 g/mol. The smallest absolute Gasteiger partial charge is 0.229 e. The first-order valence-electron chi connectivity index (χ1n) is 5.76. The van der Waals surface area contributed by atoms with Gasteiger partial charge in [-0.05, 0) is 34.7 Å². The predicted octanol–water partition coefficient (Wildman–Crippen LogP) is -0.530. The van der Waals surface area contributed by atoms with E-state index in [-0.39, 0.29) is 0 Å². The summed E-state index contributed by atoms with van der Waals surface area (Å²) in [6, 6.07) is 7.12. The van der Waals surface area contributed by atoms with Gasteiger partial charge in [0.2, 0.25) is 6.29 Å². The van der Waals surface area contributed by atoms with Gasteiger partial charge < -0.3 is 29.9 Å². The van der Waals surface area contributed by atoms with Crippen LogP contribution in [0.3, 0.4) is 0 Å². The topological polar surface area (TPSA) is 99.4 Å². The standard InChI is InChI=1S/C12H15IO6/c13-6-3-1-2-4-7(6)18-12-11(17)10(16)9(15)8(5-14)19-12/h1-4,8-12,14-17H,5H2/t8-,9-,10+,11-,12+/m1/s1. The molecule has 1 aliphatic heterocycles. The van der Waals surface area contributed by atoms with Gasteiger partial charge in [-0.1, -0.05) is 12.1 Å². The molecule has 5 atom stereocenters. The highest BCUT2D eigenvalue weighted by Crippen LogP contribution is 2.26. The Morgan fingerprint density at radius 1 is 1.11 bits per heavy atom. The van der Waals surface area contributed by atoms with Gasteiger partial charge in [0.25, 0.3) is 0 Å². The Bertz CT molecular complexity index is 426. The van der Waals surface area contributed by atoms with E-state index in [0.717, 1.165) is 3.57 Å². The van der Waals surface area contributed by atoms with Crippen molar-refractivity contribution >= 4 is 22.6 Å². The minimum Gasteiger partial charge on any atom is -0.461 e. The van der Waals surface area contributed by atoms with Crippen LogP contribution in [0.5, 0.6) is 5.75 Å². The summed E-state index contributed by atoms with van der Waals surface area (Å²) < 4.78 is 11.6. The number of rotatable bonds is 3. The van der Waals surface area contributed by atoms with E-state index in [0.29, 0.717) is 5.75 Å². The number of ether oxygens (including phenoxy) is 2. The third kappa shape index (κ3) is 3.18. The SMILES string of the molecule is OC[C@H]1O[C@H](Oc2ccccc2I)[C@H](O)[C@@H](O)[C@@H]1O. The Labute approximate surface area is 123 Å². The fourth-order valence-corrected chi connectivity index (χ4v) is 2.34. The molecule has 1 aromatic rings. The van der Waals surface area contributed by atoms with Crippen molar-refractivity contribution in [2.75, 3.05) is 6.61 Å². The number of para-hydroxylation sites is 1. The lowest BCUT2D eigenvalue weighted by Crippen LogP contribution is -2.60. The number of halogens is 1. The molecule has 0 aliphatic carbocycles. The highest BCUT2D eigenvalue weighted by molar-refractivity contribution is 14.1. The van der Waals surface area contributed by atoms with Crippen molar-refractivity contribution in [3.8, 4) is 5.75 Å². The fourth-order valence-electron chi connectivity index (χ4n) is 1.83. The van der Waals surface area contributed by atoms with Gasteiger partial charge in [-0.25, -0.2) is 0 Å². The lowest BCUT2D eigenvalue weighted by Gasteiger charge is -2.39. The average molecular weight is 382 g/mol. The third-order valence-electron chi connectivity index (χ3n) is 2.93. The summed E-state index contributed by atoms with van der Waals surface area (Å²) >= 11 is 2.06. The molecule has 0 aromatic heterocycles. The van der Waals surface area contributed by atoms with Crippen LogP contribution >= 0.6 is 22.6 Å². The number of hydrogen-bond acceptors (Lipinski definition) is 6. The van der Waals surface area contributed by atoms with Crippen LogP contribution in [0.2, 0.25) is 0 Å². The molecule has 1 aliphatic rings. The maximum atomic E-state index is 9.83. The molecule has 0 radical (unpaired) electrons. The molecule has 0 unspecified atom stereocenters. The summed E-state index contributed by atoms with van der Waals surface area (Å²) in [6.07, 6.45) is -6.32. The summed E-state index contributed by atoms with van der Waals surface area (Å²) in [5, 5.41) is 38.2. The fraction of sp³-hybridized carbons (Fsp3) is 0.500. The summed E-state index contributed by atoms with van der Waals surface area (Å²) in [5.74, 6) is 0.493. The quantitative estimate of drug-likeness (QED) is 0.525. The highest BCUT2D eigenvalue weighted by Gasteiger charge is 2.44. The number of aliphatic hydroxyl groups is 4. The number of aliphatic hydroxyl groups excluding tert-OH is 4. The number of hydrogen-bond donors (Lipinski definition) is 4. The van der Waals surface area contributed by atoms with Gasteiger partial charge in [0.1, 0.15) is 30.2 Å². The van der Waals surface area contributed by atoms with Gasteiger partial charge >= 0.3 is 0 Å². The highest BCUT2D eigenvalue weighted by atomic mass is 127. The molecule has 1 saturated heterocycles. The molecule has 106 valence electrons. The molecule has 4 N–H and O–H groups in total. The van der Waals surface area contributed by atoms with E-state index in [1.54, 1.807) is 12.1 Å². The molecule has 0 spiro atoms. The molecule has 1 heterocycles. The van der Waals surface area contributed by atoms with Crippen LogP contribution in [0.4, 0.5) is 0 Å². The van der Waals surface area contributed by atoms with Crippen molar-refractivity contribution in [2.45, 2.75) is 30.7 Å². The summed E-state index contributed by atoms with van der Waals surface area (Å²) in [7, 11) is 0. The third-order valence-corrected chi connectivity index (χ3v) is 3.82. The van der Waals surface area contributed by atoms with Crippen molar-refractivity contribution in [2.24, 2.45) is 0 Å². The van der Waals surface area contributed by atoms with Crippen molar-refractivity contribution in [1.82, 2.24) is 0 Å². The molecular weight excluding hydrogens is 367 g/mol. The largest absolute Gasteiger partial charge is 0.461 e. The first-order valence-corrected chi connectivity index (χ1v) is 6.84. The molecule has 7 heteroatoms. The van der Waals surface area contributed by atoms with Crippen LogP contribution in [-0.2, 0) is 4.74 Å². The Hall–Kier alpha value is -0.450. The van der Waals surface area contributed by atoms with E-state index in [1.165, 1.54) is 0 Å². The maximum absolute atomic E-state index is 9.83. The summed E-state index contributed by atoms with van der Waals surface area (Å²) in [4.78, 5) is 0. The normalized spacial score (nSPS) is 35.1. The molecule has 2 rings (SSSR count). The van der Waals surface area contributed by atoms with E-state index in [1.807, 2.05) is 12.1 Å². The first-order chi connectivity index (χ1) is 9.04. The van der Waals surface area contributed by atoms with Gasteiger partial charge in [0, 0.05) is 0 Å². The van der Waals surface area contributed by atoms with Crippen LogP contribution in [0.1, 0.15) is 0 Å². The van der Waals surface area contributed by atoms with Crippen LogP contribution in [-0.4, -0.2) is 57.7 Å². The summed E-state index contributed by atoms with van der Waals surface area (Å²) in [6.45, 7) is -0.476. The molecule has 19 heavy (non-hydrogen) atoms. The zero-order chi connectivity index (χ0) is 14.0. The zero-order valence-electron chi connectivity index (χ0n) is 9.89. The Balaban J connectivity index is 2.13. The summed E-state index contributed by atoms with van der Waals surface area (Å²) in [5.41, 5.74) is 0. The second-order valence-corrected chi connectivity index (χ2v) is 5.41. The van der Waals surface area contributed by atoms with E-state index in [2.05, 4.69) is 22.6 Å². The predicted molar refractivity (Wildman–Crippen MR) is 73.6 cm³/mol. The Morgan fingerprint density at radius 3 is 2.42 bits per heavy atom. The average Bonchev–Trinajstić information content (AvgIpc) is 2.41. The molecule has 0 bridgehead atoms. The second-order valence-electron chi connectivity index (χ2n) is 4.25. The Morgan fingerprint density at radius 2 is 1.79 bits per heavy atom.